The fraction of sp³-hybridized carbons (Fsp3) is 0.258. The van der Waals surface area contributed by atoms with Crippen molar-refractivity contribution in [1.29, 1.82) is 0 Å². The molecule has 4 rings (SSSR count). The molecule has 8 nitrogen and oxygen atoms in total. The van der Waals surface area contributed by atoms with Crippen LogP contribution in [0, 0.1) is 6.92 Å². The maximum Gasteiger partial charge on any atom is 0.338 e. The van der Waals surface area contributed by atoms with Gasteiger partial charge in [0, 0.05) is 6.54 Å². The summed E-state index contributed by atoms with van der Waals surface area (Å²) in [6.45, 7) is 4.24. The highest BCUT2D eigenvalue weighted by Crippen LogP contribution is 2.44. The van der Waals surface area contributed by atoms with Crippen LogP contribution in [-0.4, -0.2) is 48.5 Å². The Hall–Kier alpha value is -4.59. The van der Waals surface area contributed by atoms with Gasteiger partial charge in [0.1, 0.15) is 22.8 Å². The van der Waals surface area contributed by atoms with Gasteiger partial charge in [-0.05, 0) is 48.7 Å². The second-order valence-corrected chi connectivity index (χ2v) is 9.21. The molecule has 0 bridgehead atoms. The van der Waals surface area contributed by atoms with Gasteiger partial charge in [0.15, 0.2) is 0 Å². The van der Waals surface area contributed by atoms with E-state index in [0.717, 1.165) is 12.0 Å². The first-order chi connectivity index (χ1) is 18.8. The van der Waals surface area contributed by atoms with E-state index >= 15 is 0 Å². The van der Waals surface area contributed by atoms with Gasteiger partial charge in [-0.1, -0.05) is 55.0 Å². The van der Waals surface area contributed by atoms with Crippen LogP contribution >= 0.6 is 0 Å². The molecule has 1 N–H and O–H groups in total. The highest BCUT2D eigenvalue weighted by molar-refractivity contribution is 6.46. The summed E-state index contributed by atoms with van der Waals surface area (Å²) < 4.78 is 16.1. The number of aliphatic hydroxyl groups is 1. The third kappa shape index (κ3) is 5.50. The van der Waals surface area contributed by atoms with Gasteiger partial charge in [0.25, 0.3) is 11.7 Å². The Balaban J connectivity index is 1.80. The van der Waals surface area contributed by atoms with Gasteiger partial charge in [0.2, 0.25) is 0 Å². The first kappa shape index (κ1) is 27.4. The number of amides is 1. The Morgan fingerprint density at radius 1 is 0.949 bits per heavy atom. The molecule has 3 aromatic rings. The number of likely N-dealkylation sites (tertiary alicyclic amines) is 1. The summed E-state index contributed by atoms with van der Waals surface area (Å²) in [6, 6.07) is 18.3. The standard InChI is InChI=1S/C31H31NO7/c1-5-16-39-31(36)21-14-12-20(13-15-21)18-32-27(22-9-6-8-19(2)17-22)26(29(34)30(32)35)28(33)25-23(37-3)10-7-11-24(25)38-4/h6-15,17,27,33H,5,16,18H2,1-4H3/b28-26+. The quantitative estimate of drug-likeness (QED) is 0.176. The number of nitrogens with zero attached hydrogens (tertiary/aromatic N) is 1. The van der Waals surface area contributed by atoms with E-state index < -0.39 is 23.7 Å². The molecule has 39 heavy (non-hydrogen) atoms. The number of ether oxygens (including phenoxy) is 3. The van der Waals surface area contributed by atoms with Crippen molar-refractivity contribution in [3.8, 4) is 11.5 Å². The van der Waals surface area contributed by atoms with Gasteiger partial charge >= 0.3 is 5.97 Å². The van der Waals surface area contributed by atoms with Crippen molar-refractivity contribution in [2.24, 2.45) is 0 Å². The van der Waals surface area contributed by atoms with Crippen molar-refractivity contribution >= 4 is 23.4 Å². The zero-order chi connectivity index (χ0) is 28.1. The molecule has 0 radical (unpaired) electrons. The minimum absolute atomic E-state index is 0.0619. The summed E-state index contributed by atoms with van der Waals surface area (Å²) in [7, 11) is 2.90. The zero-order valence-corrected chi connectivity index (χ0v) is 22.4. The summed E-state index contributed by atoms with van der Waals surface area (Å²) in [5, 5.41) is 11.6. The molecule has 8 heteroatoms. The number of methoxy groups -OCH3 is 2. The van der Waals surface area contributed by atoms with Crippen molar-refractivity contribution in [2.45, 2.75) is 32.9 Å². The first-order valence-electron chi connectivity index (χ1n) is 12.6. The predicted octanol–water partition coefficient (Wildman–Crippen LogP) is 5.20. The molecule has 0 saturated carbocycles. The third-order valence-corrected chi connectivity index (χ3v) is 6.54. The lowest BCUT2D eigenvalue weighted by atomic mass is 9.93. The van der Waals surface area contributed by atoms with Gasteiger partial charge in [-0.2, -0.15) is 0 Å². The number of aryl methyl sites for hydroxylation is 1. The van der Waals surface area contributed by atoms with Gasteiger partial charge < -0.3 is 24.2 Å². The van der Waals surface area contributed by atoms with Crippen molar-refractivity contribution < 1.29 is 33.7 Å². The summed E-state index contributed by atoms with van der Waals surface area (Å²) in [4.78, 5) is 40.5. The van der Waals surface area contributed by atoms with Crippen LogP contribution < -0.4 is 9.47 Å². The van der Waals surface area contributed by atoms with E-state index in [4.69, 9.17) is 14.2 Å². The highest BCUT2D eigenvalue weighted by Gasteiger charge is 2.46. The van der Waals surface area contributed by atoms with E-state index in [2.05, 4.69) is 0 Å². The summed E-state index contributed by atoms with van der Waals surface area (Å²) in [5.74, 6) is -1.77. The number of benzene rings is 3. The van der Waals surface area contributed by atoms with E-state index in [1.165, 1.54) is 19.1 Å². The van der Waals surface area contributed by atoms with Gasteiger partial charge in [-0.3, -0.25) is 9.59 Å². The number of ketones is 1. The molecule has 202 valence electrons. The molecule has 1 saturated heterocycles. The van der Waals surface area contributed by atoms with Crippen LogP contribution in [0.2, 0.25) is 0 Å². The van der Waals surface area contributed by atoms with E-state index in [9.17, 15) is 19.5 Å². The number of carbonyl (C=O) groups excluding carboxylic acids is 3. The Morgan fingerprint density at radius 3 is 2.18 bits per heavy atom. The lowest BCUT2D eigenvalue weighted by Gasteiger charge is -2.26. The van der Waals surface area contributed by atoms with Crippen LogP contribution in [0.25, 0.3) is 5.76 Å². The van der Waals surface area contributed by atoms with Crippen molar-refractivity contribution in [2.75, 3.05) is 20.8 Å². The smallest absolute Gasteiger partial charge is 0.338 e. The van der Waals surface area contributed by atoms with Crippen LogP contribution in [0.1, 0.15) is 52.0 Å². The summed E-state index contributed by atoms with van der Waals surface area (Å²) >= 11 is 0. The molecule has 0 aromatic heterocycles. The maximum atomic E-state index is 13.5. The minimum atomic E-state index is -0.867. The molecule has 1 unspecified atom stereocenters. The number of Topliss-reactive ketones (excluding diaryl/α,β-unsaturated/α-hetero) is 1. The fourth-order valence-corrected chi connectivity index (χ4v) is 4.67. The Kier molecular flexibility index (Phi) is 8.34. The second-order valence-electron chi connectivity index (χ2n) is 9.21. The zero-order valence-electron chi connectivity index (χ0n) is 22.4. The van der Waals surface area contributed by atoms with Crippen LogP contribution in [0.4, 0.5) is 0 Å². The average molecular weight is 530 g/mol. The number of aliphatic hydroxyl groups excluding tert-OH is 1. The number of hydrogen-bond donors (Lipinski definition) is 1. The third-order valence-electron chi connectivity index (χ3n) is 6.54. The van der Waals surface area contributed by atoms with Crippen molar-refractivity contribution in [3.63, 3.8) is 0 Å². The molecule has 1 heterocycles. The summed E-state index contributed by atoms with van der Waals surface area (Å²) in [5.41, 5.74) is 2.83. The largest absolute Gasteiger partial charge is 0.506 e. The van der Waals surface area contributed by atoms with E-state index in [1.54, 1.807) is 42.5 Å². The topological polar surface area (TPSA) is 102 Å². The molecular formula is C31H31NO7. The van der Waals surface area contributed by atoms with Gasteiger partial charge in [-0.25, -0.2) is 4.79 Å². The SMILES string of the molecule is CCCOC(=O)c1ccc(CN2C(=O)C(=O)/C(=C(/O)c3c(OC)cccc3OC)C2c2cccc(C)c2)cc1. The molecule has 0 aliphatic carbocycles. The first-order valence-corrected chi connectivity index (χ1v) is 12.6. The summed E-state index contributed by atoms with van der Waals surface area (Å²) in [6.07, 6.45) is 0.721. The Morgan fingerprint density at radius 2 is 1.59 bits per heavy atom. The molecular weight excluding hydrogens is 498 g/mol. The number of rotatable bonds is 9. The van der Waals surface area contributed by atoms with E-state index in [-0.39, 0.29) is 23.4 Å². The molecule has 1 amide bonds. The van der Waals surface area contributed by atoms with Crippen molar-refractivity contribution in [1.82, 2.24) is 4.90 Å². The fourth-order valence-electron chi connectivity index (χ4n) is 4.67. The monoisotopic (exact) mass is 529 g/mol. The van der Waals surface area contributed by atoms with Crippen LogP contribution in [-0.2, 0) is 20.9 Å². The minimum Gasteiger partial charge on any atom is -0.506 e. The maximum absolute atomic E-state index is 13.5. The second kappa shape index (κ2) is 11.9. The van der Waals surface area contributed by atoms with Crippen LogP contribution in [0.15, 0.2) is 72.3 Å². The molecule has 1 fully saturated rings. The lowest BCUT2D eigenvalue weighted by molar-refractivity contribution is -0.140. The Bertz CT molecular complexity index is 1400. The van der Waals surface area contributed by atoms with E-state index in [1.807, 2.05) is 38.1 Å². The molecule has 0 spiro atoms. The average Bonchev–Trinajstić information content (AvgIpc) is 3.20. The number of esters is 1. The number of carbonyl (C=O) groups is 3. The van der Waals surface area contributed by atoms with E-state index in [0.29, 0.717) is 34.8 Å². The van der Waals surface area contributed by atoms with Crippen molar-refractivity contribution in [3.05, 3.63) is 100 Å². The van der Waals surface area contributed by atoms with Gasteiger partial charge in [0.05, 0.1) is 38.0 Å². The normalized spacial score (nSPS) is 16.3. The predicted molar refractivity (Wildman–Crippen MR) is 146 cm³/mol. The Labute approximate surface area is 227 Å². The number of hydrogen-bond acceptors (Lipinski definition) is 7. The highest BCUT2D eigenvalue weighted by atomic mass is 16.5. The van der Waals surface area contributed by atoms with Crippen LogP contribution in [0.5, 0.6) is 11.5 Å². The molecule has 1 atom stereocenters. The van der Waals surface area contributed by atoms with Gasteiger partial charge in [-0.15, -0.1) is 0 Å². The van der Waals surface area contributed by atoms with Crippen LogP contribution in [0.3, 0.4) is 0 Å². The molecule has 1 aliphatic rings. The molecule has 1 aliphatic heterocycles. The lowest BCUT2D eigenvalue weighted by Crippen LogP contribution is -2.29. The molecule has 3 aromatic carbocycles.